The van der Waals surface area contributed by atoms with Crippen LogP contribution in [-0.2, 0) is 28.6 Å². The third kappa shape index (κ3) is 5.57. The van der Waals surface area contributed by atoms with Crippen LogP contribution in [0, 0.1) is 11.8 Å². The lowest BCUT2D eigenvalue weighted by molar-refractivity contribution is -0.155. The van der Waals surface area contributed by atoms with Crippen molar-refractivity contribution in [3.8, 4) is 0 Å². The van der Waals surface area contributed by atoms with Gasteiger partial charge in [0.1, 0.15) is 11.6 Å². The monoisotopic (exact) mass is 521 g/mol. The molecule has 0 aromatic carbocycles. The van der Waals surface area contributed by atoms with Crippen LogP contribution in [0.2, 0.25) is 0 Å². The Morgan fingerprint density at radius 3 is 2.68 bits per heavy atom. The normalized spacial score (nSPS) is 31.0. The largest absolute Gasteiger partial charge is 0.466 e. The lowest BCUT2D eigenvalue weighted by Crippen LogP contribution is -2.57. The van der Waals surface area contributed by atoms with Crippen LogP contribution >= 0.6 is 0 Å². The molecular formula is C27H43N3O7. The number of carbonyl (C=O) groups is 3. The molecule has 4 heterocycles. The standard InChI is InChI=1S/C27H43N3O7/c1-3-11-29(14-13-28-15-18-35-19-16-28)25(33)23-27-10-9-20(37-27)21(26(34)36-4-2)22(27)24(32)30(23)12-7-5-6-8-17-31/h3,20-23,31H,1,4-19H2,2H3/t20-,21+,22-,23?,27?/m0/s1. The van der Waals surface area contributed by atoms with E-state index in [1.807, 2.05) is 0 Å². The summed E-state index contributed by atoms with van der Waals surface area (Å²) in [6.45, 7) is 11.1. The maximum atomic E-state index is 14.2. The fourth-order valence-corrected chi connectivity index (χ4v) is 6.63. The molecule has 0 aromatic rings. The van der Waals surface area contributed by atoms with E-state index in [0.717, 1.165) is 38.9 Å². The van der Waals surface area contributed by atoms with Gasteiger partial charge < -0.3 is 29.1 Å². The van der Waals surface area contributed by atoms with E-state index in [4.69, 9.17) is 19.3 Å². The average Bonchev–Trinajstić information content (AvgIpc) is 3.54. The van der Waals surface area contributed by atoms with E-state index in [1.54, 1.807) is 22.8 Å². The highest BCUT2D eigenvalue weighted by molar-refractivity contribution is 5.98. The summed E-state index contributed by atoms with van der Waals surface area (Å²) in [5, 5.41) is 9.10. The minimum atomic E-state index is -1.00. The first-order valence-corrected chi connectivity index (χ1v) is 13.9. The number of carbonyl (C=O) groups excluding carboxylic acids is 3. The van der Waals surface area contributed by atoms with Gasteiger partial charge in [-0.15, -0.1) is 6.58 Å². The van der Waals surface area contributed by atoms with Crippen molar-refractivity contribution in [2.24, 2.45) is 11.8 Å². The number of esters is 1. The van der Waals surface area contributed by atoms with Gasteiger partial charge in [0.25, 0.3) is 0 Å². The Balaban J connectivity index is 1.57. The molecule has 0 saturated carbocycles. The molecule has 4 aliphatic heterocycles. The van der Waals surface area contributed by atoms with Crippen LogP contribution in [0.5, 0.6) is 0 Å². The van der Waals surface area contributed by atoms with E-state index < -0.39 is 35.6 Å². The zero-order valence-electron chi connectivity index (χ0n) is 22.1. The van der Waals surface area contributed by atoms with Gasteiger partial charge in [0, 0.05) is 45.9 Å². The summed E-state index contributed by atoms with van der Waals surface area (Å²) < 4.78 is 17.3. The van der Waals surface area contributed by atoms with E-state index in [9.17, 15) is 14.4 Å². The number of ether oxygens (including phenoxy) is 3. The summed E-state index contributed by atoms with van der Waals surface area (Å²) in [6.07, 6.45) is 5.68. The van der Waals surface area contributed by atoms with Crippen LogP contribution < -0.4 is 0 Å². The van der Waals surface area contributed by atoms with Crippen molar-refractivity contribution in [2.45, 2.75) is 63.2 Å². The molecule has 0 aromatic heterocycles. The van der Waals surface area contributed by atoms with Gasteiger partial charge in [0.05, 0.1) is 37.8 Å². The van der Waals surface area contributed by atoms with Crippen LogP contribution in [0.3, 0.4) is 0 Å². The van der Waals surface area contributed by atoms with E-state index in [-0.39, 0.29) is 25.0 Å². The highest BCUT2D eigenvalue weighted by Crippen LogP contribution is 2.58. The summed E-state index contributed by atoms with van der Waals surface area (Å²) in [5.41, 5.74) is -1.00. The first-order valence-electron chi connectivity index (χ1n) is 13.9. The number of morpholine rings is 1. The van der Waals surface area contributed by atoms with Crippen molar-refractivity contribution in [1.82, 2.24) is 14.7 Å². The number of amides is 2. The predicted molar refractivity (Wildman–Crippen MR) is 136 cm³/mol. The molecule has 10 heteroatoms. The maximum Gasteiger partial charge on any atom is 0.312 e. The number of hydrogen-bond donors (Lipinski definition) is 1. The molecule has 4 saturated heterocycles. The van der Waals surface area contributed by atoms with Gasteiger partial charge in [-0.3, -0.25) is 19.3 Å². The molecule has 208 valence electrons. The first kappa shape index (κ1) is 28.0. The van der Waals surface area contributed by atoms with Crippen molar-refractivity contribution in [2.75, 3.05) is 65.7 Å². The van der Waals surface area contributed by atoms with Crippen LogP contribution in [-0.4, -0.2) is 121 Å². The second-order valence-electron chi connectivity index (χ2n) is 10.5. The molecule has 4 rings (SSSR count). The molecule has 0 aliphatic carbocycles. The van der Waals surface area contributed by atoms with Gasteiger partial charge in [-0.2, -0.15) is 0 Å². The smallest absolute Gasteiger partial charge is 0.312 e. The van der Waals surface area contributed by atoms with Gasteiger partial charge >= 0.3 is 5.97 Å². The fourth-order valence-electron chi connectivity index (χ4n) is 6.63. The minimum absolute atomic E-state index is 0.135. The van der Waals surface area contributed by atoms with E-state index in [1.165, 1.54) is 0 Å². The molecule has 2 unspecified atom stereocenters. The van der Waals surface area contributed by atoms with E-state index in [2.05, 4.69) is 11.5 Å². The number of unbranched alkanes of at least 4 members (excludes halogenated alkanes) is 3. The Morgan fingerprint density at radius 1 is 1.22 bits per heavy atom. The molecule has 37 heavy (non-hydrogen) atoms. The fraction of sp³-hybridized carbons (Fsp3) is 0.815. The topological polar surface area (TPSA) is 109 Å². The van der Waals surface area contributed by atoms with Crippen molar-refractivity contribution in [3.05, 3.63) is 12.7 Å². The predicted octanol–water partition coefficient (Wildman–Crippen LogP) is 0.824. The molecule has 1 N–H and O–H groups in total. The number of aliphatic hydroxyl groups is 1. The molecular weight excluding hydrogens is 478 g/mol. The highest BCUT2D eigenvalue weighted by atomic mass is 16.6. The molecule has 4 fully saturated rings. The van der Waals surface area contributed by atoms with Crippen molar-refractivity contribution < 1.29 is 33.7 Å². The summed E-state index contributed by atoms with van der Waals surface area (Å²) in [6, 6.07) is -0.767. The zero-order chi connectivity index (χ0) is 26.4. The van der Waals surface area contributed by atoms with Gasteiger partial charge in [0.2, 0.25) is 11.8 Å². The van der Waals surface area contributed by atoms with Crippen molar-refractivity contribution in [1.29, 1.82) is 0 Å². The second-order valence-corrected chi connectivity index (χ2v) is 10.5. The second kappa shape index (κ2) is 12.7. The van der Waals surface area contributed by atoms with Gasteiger partial charge in [0.15, 0.2) is 0 Å². The molecule has 5 atom stereocenters. The molecule has 2 bridgehead atoms. The van der Waals surface area contributed by atoms with Gasteiger partial charge in [-0.25, -0.2) is 0 Å². The van der Waals surface area contributed by atoms with Gasteiger partial charge in [-0.05, 0) is 32.6 Å². The quantitative estimate of drug-likeness (QED) is 0.203. The Labute approximate surface area is 219 Å². The van der Waals surface area contributed by atoms with Crippen LogP contribution in [0.15, 0.2) is 12.7 Å². The molecule has 2 amide bonds. The molecule has 4 aliphatic rings. The molecule has 0 radical (unpaired) electrons. The minimum Gasteiger partial charge on any atom is -0.466 e. The number of rotatable bonds is 14. The Kier molecular flexibility index (Phi) is 9.61. The zero-order valence-corrected chi connectivity index (χ0v) is 22.1. The average molecular weight is 522 g/mol. The summed E-state index contributed by atoms with van der Waals surface area (Å²) >= 11 is 0. The Morgan fingerprint density at radius 2 is 1.97 bits per heavy atom. The number of hydrogen-bond acceptors (Lipinski definition) is 8. The van der Waals surface area contributed by atoms with E-state index in [0.29, 0.717) is 52.1 Å². The SMILES string of the molecule is C=CCN(CCN1CCOCC1)C(=O)C1N(CCCCCCO)C(=O)[C@@H]2[C@H](C(=O)OCC)[C@@H]3CCC12O3. The van der Waals surface area contributed by atoms with Crippen molar-refractivity contribution >= 4 is 17.8 Å². The molecule has 1 spiro atoms. The summed E-state index contributed by atoms with van der Waals surface area (Å²) in [5.74, 6) is -2.07. The third-order valence-corrected chi connectivity index (χ3v) is 8.35. The Hall–Kier alpha value is -2.01. The van der Waals surface area contributed by atoms with Crippen molar-refractivity contribution in [3.63, 3.8) is 0 Å². The van der Waals surface area contributed by atoms with Crippen LogP contribution in [0.4, 0.5) is 0 Å². The van der Waals surface area contributed by atoms with E-state index >= 15 is 0 Å². The molecule has 10 nitrogen and oxygen atoms in total. The number of nitrogens with zero attached hydrogens (tertiary/aromatic N) is 3. The van der Waals surface area contributed by atoms with Crippen LogP contribution in [0.1, 0.15) is 45.4 Å². The Bertz CT molecular complexity index is 833. The third-order valence-electron chi connectivity index (χ3n) is 8.35. The number of likely N-dealkylation sites (tertiary alicyclic amines) is 1. The summed E-state index contributed by atoms with van der Waals surface area (Å²) in [7, 11) is 0. The number of fused-ring (bicyclic) bond motifs is 1. The highest BCUT2D eigenvalue weighted by Gasteiger charge is 2.74. The lowest BCUT2D eigenvalue weighted by Gasteiger charge is -2.37. The maximum absolute atomic E-state index is 14.2. The summed E-state index contributed by atoms with van der Waals surface area (Å²) in [4.78, 5) is 46.8. The lowest BCUT2D eigenvalue weighted by atomic mass is 9.70. The van der Waals surface area contributed by atoms with Crippen LogP contribution in [0.25, 0.3) is 0 Å². The first-order chi connectivity index (χ1) is 18.0. The number of aliphatic hydroxyl groups excluding tert-OH is 1. The van der Waals surface area contributed by atoms with Gasteiger partial charge in [-0.1, -0.05) is 18.9 Å².